The molecule has 2 rings (SSSR count). The topological polar surface area (TPSA) is 101 Å². The highest BCUT2D eigenvalue weighted by atomic mass is 32.2. The first kappa shape index (κ1) is 10.1. The molecule has 2 heterocycles. The van der Waals surface area contributed by atoms with Gasteiger partial charge in [-0.05, 0) is 6.92 Å². The average Bonchev–Trinajstić information content (AvgIpc) is 2.75. The van der Waals surface area contributed by atoms with E-state index >= 15 is 0 Å². The van der Waals surface area contributed by atoms with Gasteiger partial charge in [0.05, 0.1) is 6.20 Å². The van der Waals surface area contributed by atoms with Crippen LogP contribution < -0.4 is 4.72 Å². The van der Waals surface area contributed by atoms with Gasteiger partial charge in [-0.1, -0.05) is 0 Å². The second-order valence-electron chi connectivity index (χ2n) is 2.69. The van der Waals surface area contributed by atoms with Gasteiger partial charge < -0.3 is 0 Å². The molecule has 9 heteroatoms. The highest BCUT2D eigenvalue weighted by Crippen LogP contribution is 2.16. The van der Waals surface area contributed by atoms with E-state index in [9.17, 15) is 8.42 Å². The van der Waals surface area contributed by atoms with Crippen LogP contribution in [0.4, 0.5) is 5.13 Å². The van der Waals surface area contributed by atoms with Crippen molar-refractivity contribution < 1.29 is 8.42 Å². The van der Waals surface area contributed by atoms with Gasteiger partial charge in [-0.15, -0.1) is 0 Å². The molecule has 0 fully saturated rings. The Morgan fingerprint density at radius 2 is 2.33 bits per heavy atom. The second-order valence-corrected chi connectivity index (χ2v) is 5.12. The van der Waals surface area contributed by atoms with Crippen LogP contribution in [0, 0.1) is 6.92 Å². The van der Waals surface area contributed by atoms with E-state index < -0.39 is 10.0 Å². The fraction of sp³-hybridized carbons (Fsp3) is 0.167. The monoisotopic (exact) mass is 245 g/mol. The van der Waals surface area contributed by atoms with E-state index in [0.29, 0.717) is 5.82 Å². The summed E-state index contributed by atoms with van der Waals surface area (Å²) in [4.78, 5) is 3.96. The number of hydrogen-bond acceptors (Lipinski definition) is 6. The molecule has 0 unspecified atom stereocenters. The number of aryl methyl sites for hydroxylation is 1. The highest BCUT2D eigenvalue weighted by molar-refractivity contribution is 7.92. The van der Waals surface area contributed by atoms with Crippen LogP contribution in [-0.2, 0) is 10.0 Å². The van der Waals surface area contributed by atoms with E-state index in [2.05, 4.69) is 24.3 Å². The Bertz CT molecular complexity index is 544. The third kappa shape index (κ3) is 2.13. The predicted molar refractivity (Wildman–Crippen MR) is 54.0 cm³/mol. The van der Waals surface area contributed by atoms with Gasteiger partial charge in [-0.2, -0.15) is 9.47 Å². The van der Waals surface area contributed by atoms with Crippen LogP contribution in [0.25, 0.3) is 0 Å². The minimum atomic E-state index is -3.59. The lowest BCUT2D eigenvalue weighted by Gasteiger charge is -1.99. The van der Waals surface area contributed by atoms with Crippen molar-refractivity contribution in [1.82, 2.24) is 19.6 Å². The molecule has 80 valence electrons. The highest BCUT2D eigenvalue weighted by Gasteiger charge is 2.16. The molecule has 0 aromatic carbocycles. The Morgan fingerprint density at radius 3 is 2.87 bits per heavy atom. The van der Waals surface area contributed by atoms with E-state index in [1.807, 2.05) is 0 Å². The minimum absolute atomic E-state index is 0.0651. The minimum Gasteiger partial charge on any atom is -0.284 e. The van der Waals surface area contributed by atoms with Crippen LogP contribution >= 0.6 is 11.5 Å². The Labute approximate surface area is 89.8 Å². The number of rotatable bonds is 3. The van der Waals surface area contributed by atoms with Gasteiger partial charge >= 0.3 is 0 Å². The molecule has 0 saturated heterocycles. The maximum atomic E-state index is 11.6. The van der Waals surface area contributed by atoms with E-state index in [1.54, 1.807) is 6.92 Å². The molecule has 0 aliphatic rings. The van der Waals surface area contributed by atoms with Gasteiger partial charge in [0.1, 0.15) is 10.7 Å². The van der Waals surface area contributed by atoms with Crippen molar-refractivity contribution >= 4 is 26.7 Å². The van der Waals surface area contributed by atoms with Crippen molar-refractivity contribution in [2.75, 3.05) is 4.72 Å². The van der Waals surface area contributed by atoms with Gasteiger partial charge in [-0.25, -0.2) is 13.4 Å². The fourth-order valence-corrected chi connectivity index (χ4v) is 2.60. The van der Waals surface area contributed by atoms with Gasteiger partial charge in [0.25, 0.3) is 10.0 Å². The summed E-state index contributed by atoms with van der Waals surface area (Å²) in [6.07, 6.45) is 2.51. The quantitative estimate of drug-likeness (QED) is 0.813. The Kier molecular flexibility index (Phi) is 2.40. The summed E-state index contributed by atoms with van der Waals surface area (Å²) in [7, 11) is -3.59. The number of aromatic amines is 1. The summed E-state index contributed by atoms with van der Waals surface area (Å²) < 4.78 is 29.4. The Balaban J connectivity index is 2.26. The van der Waals surface area contributed by atoms with Crippen molar-refractivity contribution in [2.24, 2.45) is 0 Å². The standard InChI is InChI=1S/C6H7N5O2S2/c1-4-9-6(14-10-4)11-15(12,13)5-2-7-8-3-5/h2-3H,1H3,(H,7,8)(H,9,10,11). The fourth-order valence-electron chi connectivity index (χ4n) is 0.898. The number of H-pyrrole nitrogens is 1. The molecule has 7 nitrogen and oxygen atoms in total. The lowest BCUT2D eigenvalue weighted by atomic mass is 10.7. The number of nitrogens with one attached hydrogen (secondary N) is 2. The smallest absolute Gasteiger partial charge is 0.266 e. The summed E-state index contributed by atoms with van der Waals surface area (Å²) >= 11 is 0.992. The van der Waals surface area contributed by atoms with E-state index in [4.69, 9.17) is 0 Å². The Morgan fingerprint density at radius 1 is 1.53 bits per heavy atom. The summed E-state index contributed by atoms with van der Waals surface area (Å²) in [6.45, 7) is 1.69. The zero-order valence-corrected chi connectivity index (χ0v) is 9.26. The second kappa shape index (κ2) is 3.59. The molecule has 0 radical (unpaired) electrons. The number of sulfonamides is 1. The summed E-state index contributed by atoms with van der Waals surface area (Å²) in [6, 6.07) is 0. The third-order valence-electron chi connectivity index (χ3n) is 1.53. The molecule has 0 amide bonds. The predicted octanol–water partition coefficient (Wildman–Crippen LogP) is 0.370. The zero-order valence-electron chi connectivity index (χ0n) is 7.63. The molecule has 0 saturated carbocycles. The van der Waals surface area contributed by atoms with E-state index in [-0.39, 0.29) is 10.0 Å². The molecule has 15 heavy (non-hydrogen) atoms. The summed E-state index contributed by atoms with van der Waals surface area (Å²) in [5, 5.41) is 6.23. The summed E-state index contributed by atoms with van der Waals surface area (Å²) in [5.74, 6) is 0.532. The number of hydrogen-bond donors (Lipinski definition) is 2. The number of aromatic nitrogens is 4. The molecular formula is C6H7N5O2S2. The maximum Gasteiger partial charge on any atom is 0.266 e. The number of anilines is 1. The normalized spacial score (nSPS) is 11.5. The van der Waals surface area contributed by atoms with Crippen LogP contribution in [-0.4, -0.2) is 28.0 Å². The van der Waals surface area contributed by atoms with Crippen LogP contribution in [0.15, 0.2) is 17.3 Å². The molecule has 0 aliphatic heterocycles. The van der Waals surface area contributed by atoms with E-state index in [0.717, 1.165) is 11.5 Å². The van der Waals surface area contributed by atoms with Crippen LogP contribution in [0.5, 0.6) is 0 Å². The third-order valence-corrected chi connectivity index (χ3v) is 3.69. The van der Waals surface area contributed by atoms with Gasteiger partial charge in [0.15, 0.2) is 0 Å². The zero-order chi connectivity index (χ0) is 10.9. The molecule has 2 N–H and O–H groups in total. The molecule has 0 atom stereocenters. The molecular weight excluding hydrogens is 238 g/mol. The lowest BCUT2D eigenvalue weighted by Crippen LogP contribution is -2.11. The van der Waals surface area contributed by atoms with E-state index in [1.165, 1.54) is 12.4 Å². The van der Waals surface area contributed by atoms with Gasteiger partial charge in [0, 0.05) is 17.7 Å². The van der Waals surface area contributed by atoms with Crippen LogP contribution in [0.1, 0.15) is 5.82 Å². The maximum absolute atomic E-state index is 11.6. The van der Waals surface area contributed by atoms with Crippen molar-refractivity contribution in [3.8, 4) is 0 Å². The molecule has 0 spiro atoms. The average molecular weight is 245 g/mol. The first-order chi connectivity index (χ1) is 7.08. The first-order valence-corrected chi connectivity index (χ1v) is 6.15. The SMILES string of the molecule is Cc1nsc(NS(=O)(=O)c2cn[nH]c2)n1. The summed E-state index contributed by atoms with van der Waals surface area (Å²) in [5.41, 5.74) is 0. The van der Waals surface area contributed by atoms with Crippen LogP contribution in [0.3, 0.4) is 0 Å². The molecule has 2 aromatic heterocycles. The van der Waals surface area contributed by atoms with Crippen molar-refractivity contribution in [3.05, 3.63) is 18.2 Å². The first-order valence-electron chi connectivity index (χ1n) is 3.90. The lowest BCUT2D eigenvalue weighted by molar-refractivity contribution is 0.601. The molecule has 2 aromatic rings. The molecule has 0 bridgehead atoms. The number of nitrogens with zero attached hydrogens (tertiary/aromatic N) is 3. The van der Waals surface area contributed by atoms with Crippen LogP contribution in [0.2, 0.25) is 0 Å². The van der Waals surface area contributed by atoms with Gasteiger partial charge in [0.2, 0.25) is 5.13 Å². The largest absolute Gasteiger partial charge is 0.284 e. The van der Waals surface area contributed by atoms with Crippen molar-refractivity contribution in [3.63, 3.8) is 0 Å². The van der Waals surface area contributed by atoms with Crippen molar-refractivity contribution in [1.29, 1.82) is 0 Å². The molecule has 0 aliphatic carbocycles. The van der Waals surface area contributed by atoms with Crippen molar-refractivity contribution in [2.45, 2.75) is 11.8 Å². The van der Waals surface area contributed by atoms with Gasteiger partial charge in [-0.3, -0.25) is 9.82 Å². The Hall–Kier alpha value is -1.48.